The van der Waals surface area contributed by atoms with Gasteiger partial charge in [0.25, 0.3) is 5.69 Å². The molecule has 0 bridgehead atoms. The molecule has 0 unspecified atom stereocenters. The van der Waals surface area contributed by atoms with Crippen molar-refractivity contribution in [3.05, 3.63) is 39.9 Å². The summed E-state index contributed by atoms with van der Waals surface area (Å²) in [6.07, 6.45) is 0. The third kappa shape index (κ3) is 2.85. The molecular formula is C7H5MnNO4. The smallest absolute Gasteiger partial charge is 0.335 e. The van der Waals surface area contributed by atoms with Crippen LogP contribution >= 0.6 is 0 Å². The van der Waals surface area contributed by atoms with Gasteiger partial charge in [0.2, 0.25) is 0 Å². The number of rotatable bonds is 2. The molecule has 0 aliphatic heterocycles. The third-order valence-electron chi connectivity index (χ3n) is 1.30. The van der Waals surface area contributed by atoms with E-state index in [1.54, 1.807) is 0 Å². The fourth-order valence-corrected chi connectivity index (χ4v) is 0.753. The summed E-state index contributed by atoms with van der Waals surface area (Å²) < 4.78 is 0. The molecule has 1 aromatic rings. The number of carbonyl (C=O) groups is 1. The first-order chi connectivity index (χ1) is 5.61. The number of carboxylic acids is 1. The van der Waals surface area contributed by atoms with Crippen molar-refractivity contribution in [3.63, 3.8) is 0 Å². The van der Waals surface area contributed by atoms with Gasteiger partial charge in [-0.05, 0) is 6.07 Å². The predicted molar refractivity (Wildman–Crippen MR) is 40.1 cm³/mol. The van der Waals surface area contributed by atoms with Gasteiger partial charge in [-0.25, -0.2) is 4.79 Å². The topological polar surface area (TPSA) is 80.4 Å². The molecule has 1 radical (unpaired) electrons. The Hall–Kier alpha value is -1.39. The second kappa shape index (κ2) is 4.59. The van der Waals surface area contributed by atoms with Crippen LogP contribution in [-0.2, 0) is 17.1 Å². The van der Waals surface area contributed by atoms with Crippen molar-refractivity contribution in [3.8, 4) is 0 Å². The van der Waals surface area contributed by atoms with Gasteiger partial charge in [0, 0.05) is 29.2 Å². The maximum absolute atomic E-state index is 10.4. The number of benzene rings is 1. The van der Waals surface area contributed by atoms with Gasteiger partial charge in [0.1, 0.15) is 0 Å². The molecule has 0 aliphatic carbocycles. The van der Waals surface area contributed by atoms with E-state index in [0.29, 0.717) is 0 Å². The van der Waals surface area contributed by atoms with Crippen molar-refractivity contribution in [2.45, 2.75) is 0 Å². The van der Waals surface area contributed by atoms with Crippen LogP contribution in [0.25, 0.3) is 0 Å². The van der Waals surface area contributed by atoms with Crippen LogP contribution in [0, 0.1) is 10.1 Å². The van der Waals surface area contributed by atoms with Gasteiger partial charge in [-0.2, -0.15) is 0 Å². The Morgan fingerprint density at radius 2 is 2.08 bits per heavy atom. The molecule has 0 amide bonds. The first-order valence-electron chi connectivity index (χ1n) is 3.09. The van der Waals surface area contributed by atoms with Gasteiger partial charge in [-0.15, -0.1) is 0 Å². The number of aromatic carboxylic acids is 1. The molecule has 69 valence electrons. The maximum Gasteiger partial charge on any atom is 0.335 e. The SMILES string of the molecule is O=C(O)c1cccc([N+](=O)[O-])c1.[Mn]. The second-order valence-electron chi connectivity index (χ2n) is 2.11. The van der Waals surface area contributed by atoms with E-state index in [1.165, 1.54) is 18.2 Å². The third-order valence-corrected chi connectivity index (χ3v) is 1.30. The number of nitro groups is 1. The molecule has 0 saturated carbocycles. The Morgan fingerprint density at radius 1 is 1.46 bits per heavy atom. The van der Waals surface area contributed by atoms with E-state index in [4.69, 9.17) is 5.11 Å². The molecule has 1 rings (SSSR count). The van der Waals surface area contributed by atoms with Gasteiger partial charge in [-0.3, -0.25) is 10.1 Å². The van der Waals surface area contributed by atoms with Gasteiger partial charge < -0.3 is 5.11 Å². The first kappa shape index (κ1) is 11.6. The number of nitrogens with zero attached hydrogens (tertiary/aromatic N) is 1. The average Bonchev–Trinajstić information content (AvgIpc) is 2.04. The van der Waals surface area contributed by atoms with Crippen molar-refractivity contribution >= 4 is 11.7 Å². The van der Waals surface area contributed by atoms with E-state index in [-0.39, 0.29) is 28.3 Å². The van der Waals surface area contributed by atoms with E-state index < -0.39 is 10.9 Å². The maximum atomic E-state index is 10.4. The van der Waals surface area contributed by atoms with Gasteiger partial charge in [0.15, 0.2) is 0 Å². The second-order valence-corrected chi connectivity index (χ2v) is 2.11. The summed E-state index contributed by atoms with van der Waals surface area (Å²) in [5.74, 6) is -1.17. The quantitative estimate of drug-likeness (QED) is 0.464. The van der Waals surface area contributed by atoms with E-state index >= 15 is 0 Å². The van der Waals surface area contributed by atoms with Gasteiger partial charge >= 0.3 is 5.97 Å². The summed E-state index contributed by atoms with van der Waals surface area (Å²) in [5, 5.41) is 18.7. The molecule has 0 aromatic heterocycles. The number of carboxylic acid groups (broad SMARTS) is 1. The zero-order valence-electron chi connectivity index (χ0n) is 6.31. The summed E-state index contributed by atoms with van der Waals surface area (Å²) in [6.45, 7) is 0. The Labute approximate surface area is 84.0 Å². The molecule has 1 N–H and O–H groups in total. The standard InChI is InChI=1S/C7H5NO4.Mn/c9-7(10)5-2-1-3-6(4-5)8(11)12;/h1-4H,(H,9,10);. The summed E-state index contributed by atoms with van der Waals surface area (Å²) in [4.78, 5) is 19.9. The largest absolute Gasteiger partial charge is 0.478 e. The van der Waals surface area contributed by atoms with Crippen LogP contribution in [0.3, 0.4) is 0 Å². The van der Waals surface area contributed by atoms with Crippen molar-refractivity contribution in [2.75, 3.05) is 0 Å². The Morgan fingerprint density at radius 3 is 2.54 bits per heavy atom. The van der Waals surface area contributed by atoms with E-state index in [9.17, 15) is 14.9 Å². The zero-order chi connectivity index (χ0) is 9.14. The van der Waals surface area contributed by atoms with E-state index in [0.717, 1.165) is 6.07 Å². The molecule has 0 atom stereocenters. The number of hydrogen-bond donors (Lipinski definition) is 1. The molecule has 0 aliphatic rings. The number of non-ortho nitro benzene ring substituents is 1. The molecule has 13 heavy (non-hydrogen) atoms. The summed E-state index contributed by atoms with van der Waals surface area (Å²) in [6, 6.07) is 4.89. The molecule has 5 nitrogen and oxygen atoms in total. The fourth-order valence-electron chi connectivity index (χ4n) is 0.753. The molecule has 0 saturated heterocycles. The van der Waals surface area contributed by atoms with Crippen LogP contribution in [0.4, 0.5) is 5.69 Å². The van der Waals surface area contributed by atoms with Crippen LogP contribution in [0.15, 0.2) is 24.3 Å². The van der Waals surface area contributed by atoms with Crippen molar-refractivity contribution in [1.29, 1.82) is 0 Å². The monoisotopic (exact) mass is 222 g/mol. The van der Waals surface area contributed by atoms with Crippen LogP contribution in [0.2, 0.25) is 0 Å². The summed E-state index contributed by atoms with van der Waals surface area (Å²) >= 11 is 0. The molecule has 0 fully saturated rings. The number of nitro benzene ring substituents is 1. The fraction of sp³-hybridized carbons (Fsp3) is 0. The van der Waals surface area contributed by atoms with Gasteiger partial charge in [-0.1, -0.05) is 6.07 Å². The summed E-state index contributed by atoms with van der Waals surface area (Å²) in [5.41, 5.74) is -0.292. The average molecular weight is 222 g/mol. The molecule has 1 aromatic carbocycles. The van der Waals surface area contributed by atoms with Crippen LogP contribution in [-0.4, -0.2) is 16.0 Å². The van der Waals surface area contributed by atoms with Crippen molar-refractivity contribution in [2.24, 2.45) is 0 Å². The van der Waals surface area contributed by atoms with Crippen LogP contribution in [0.5, 0.6) is 0 Å². The van der Waals surface area contributed by atoms with E-state index in [1.807, 2.05) is 0 Å². The van der Waals surface area contributed by atoms with Crippen molar-refractivity contribution < 1.29 is 31.9 Å². The van der Waals surface area contributed by atoms with Crippen LogP contribution < -0.4 is 0 Å². The van der Waals surface area contributed by atoms with E-state index in [2.05, 4.69) is 0 Å². The first-order valence-corrected chi connectivity index (χ1v) is 3.09. The molecule has 0 heterocycles. The molecule has 0 spiro atoms. The minimum absolute atomic E-state index is 0. The molecule has 6 heteroatoms. The Balaban J connectivity index is 0.00000144. The van der Waals surface area contributed by atoms with Crippen molar-refractivity contribution in [1.82, 2.24) is 0 Å². The predicted octanol–water partition coefficient (Wildman–Crippen LogP) is 1.29. The summed E-state index contributed by atoms with van der Waals surface area (Å²) in [7, 11) is 0. The Bertz CT molecular complexity index is 310. The normalized spacial score (nSPS) is 8.62. The minimum Gasteiger partial charge on any atom is -0.478 e. The van der Waals surface area contributed by atoms with Crippen LogP contribution in [0.1, 0.15) is 10.4 Å². The molecular weight excluding hydrogens is 217 g/mol. The Kier molecular flexibility index (Phi) is 4.10. The number of hydrogen-bond acceptors (Lipinski definition) is 3. The zero-order valence-corrected chi connectivity index (χ0v) is 7.49. The minimum atomic E-state index is -1.17. The van der Waals surface area contributed by atoms with Gasteiger partial charge in [0.05, 0.1) is 10.5 Å².